The number of rotatable bonds is 3. The van der Waals surface area contributed by atoms with Crippen LogP contribution in [0.4, 0.5) is 13.2 Å². The molecule has 0 fully saturated rings. The van der Waals surface area contributed by atoms with Gasteiger partial charge in [-0.05, 0) is 24.0 Å². The van der Waals surface area contributed by atoms with Crippen LogP contribution in [0, 0.1) is 6.92 Å². The number of halogens is 3. The van der Waals surface area contributed by atoms with Crippen molar-refractivity contribution in [1.29, 1.82) is 0 Å². The van der Waals surface area contributed by atoms with Gasteiger partial charge < -0.3 is 5.11 Å². The zero-order valence-electron chi connectivity index (χ0n) is 13.7. The topological polar surface area (TPSA) is 54.6 Å². The first-order valence-corrected chi connectivity index (χ1v) is 8.35. The number of aromatic carboxylic acids is 1. The number of nitrogens with zero attached hydrogens (tertiary/aromatic N) is 2. The van der Waals surface area contributed by atoms with Gasteiger partial charge in [0.1, 0.15) is 0 Å². The summed E-state index contributed by atoms with van der Waals surface area (Å²) in [4.78, 5) is 15.8. The van der Waals surface area contributed by atoms with E-state index in [2.05, 4.69) is 4.98 Å². The minimum Gasteiger partial charge on any atom is -0.476 e. The lowest BCUT2D eigenvalue weighted by molar-refractivity contribution is -0.141. The number of hydrogen-bond acceptors (Lipinski definition) is 3. The van der Waals surface area contributed by atoms with E-state index in [0.29, 0.717) is 22.1 Å². The van der Waals surface area contributed by atoms with Crippen molar-refractivity contribution in [3.63, 3.8) is 0 Å². The second-order valence-electron chi connectivity index (χ2n) is 6.01. The summed E-state index contributed by atoms with van der Waals surface area (Å²) < 4.78 is 40.6. The van der Waals surface area contributed by atoms with Gasteiger partial charge in [0.2, 0.25) is 0 Å². The normalized spacial score (nSPS) is 12.3. The minimum absolute atomic E-state index is 0.0187. The number of thiazole rings is 1. The zero-order valence-corrected chi connectivity index (χ0v) is 14.5. The van der Waals surface area contributed by atoms with Gasteiger partial charge in [0.25, 0.3) is 0 Å². The quantitative estimate of drug-likeness (QED) is 0.690. The van der Waals surface area contributed by atoms with E-state index in [4.69, 9.17) is 0 Å². The van der Waals surface area contributed by atoms with E-state index in [-0.39, 0.29) is 4.96 Å². The summed E-state index contributed by atoms with van der Waals surface area (Å²) >= 11 is 1.04. The zero-order chi connectivity index (χ0) is 18.5. The van der Waals surface area contributed by atoms with Gasteiger partial charge in [-0.3, -0.25) is 4.40 Å². The van der Waals surface area contributed by atoms with Crippen LogP contribution < -0.4 is 0 Å². The van der Waals surface area contributed by atoms with E-state index >= 15 is 0 Å². The van der Waals surface area contributed by atoms with Crippen LogP contribution in [0.15, 0.2) is 24.3 Å². The first kappa shape index (κ1) is 17.5. The Morgan fingerprint density at radius 3 is 2.32 bits per heavy atom. The van der Waals surface area contributed by atoms with Gasteiger partial charge in [-0.2, -0.15) is 13.2 Å². The Labute approximate surface area is 145 Å². The Morgan fingerprint density at radius 2 is 1.84 bits per heavy atom. The van der Waals surface area contributed by atoms with Crippen LogP contribution in [0.2, 0.25) is 0 Å². The maximum absolute atomic E-state index is 13.2. The van der Waals surface area contributed by atoms with Crippen molar-refractivity contribution in [3.05, 3.63) is 46.1 Å². The summed E-state index contributed by atoms with van der Waals surface area (Å²) in [5.74, 6) is -1.34. The average molecular weight is 368 g/mol. The first-order valence-electron chi connectivity index (χ1n) is 7.54. The lowest BCUT2D eigenvalue weighted by Crippen LogP contribution is -2.14. The Balaban J connectivity index is 2.30. The molecule has 0 amide bonds. The minimum atomic E-state index is -4.83. The van der Waals surface area contributed by atoms with Gasteiger partial charge >= 0.3 is 12.1 Å². The van der Waals surface area contributed by atoms with Gasteiger partial charge in [0.15, 0.2) is 16.3 Å². The molecule has 0 saturated heterocycles. The number of benzene rings is 1. The van der Waals surface area contributed by atoms with Gasteiger partial charge in [-0.15, -0.1) is 11.3 Å². The summed E-state index contributed by atoms with van der Waals surface area (Å²) in [6, 6.07) is 7.38. The predicted molar refractivity (Wildman–Crippen MR) is 89.3 cm³/mol. The number of hydrogen-bond donors (Lipinski definition) is 1. The Morgan fingerprint density at radius 1 is 1.24 bits per heavy atom. The second kappa shape index (κ2) is 5.87. The van der Waals surface area contributed by atoms with Crippen LogP contribution in [0.5, 0.6) is 0 Å². The van der Waals surface area contributed by atoms with Crippen LogP contribution in [0.3, 0.4) is 0 Å². The van der Waals surface area contributed by atoms with E-state index in [0.717, 1.165) is 21.3 Å². The summed E-state index contributed by atoms with van der Waals surface area (Å²) in [5, 5.41) is 9.36. The average Bonchev–Trinajstić information content (AvgIpc) is 3.01. The van der Waals surface area contributed by atoms with E-state index in [1.54, 1.807) is 19.1 Å². The fraction of sp³-hybridized carbons (Fsp3) is 0.294. The molecule has 0 aliphatic heterocycles. The largest absolute Gasteiger partial charge is 0.476 e. The number of imidazole rings is 1. The molecule has 0 saturated carbocycles. The fourth-order valence-corrected chi connectivity index (χ4v) is 3.76. The predicted octanol–water partition coefficient (Wildman–Crippen LogP) is 5.21. The molecule has 0 bridgehead atoms. The molecule has 1 aromatic carbocycles. The number of carbonyl (C=O) groups is 1. The van der Waals surface area contributed by atoms with Crippen LogP contribution in [0.25, 0.3) is 16.2 Å². The molecule has 132 valence electrons. The fourth-order valence-electron chi connectivity index (χ4n) is 2.77. The number of alkyl halides is 3. The number of aryl methyl sites for hydroxylation is 1. The first-order chi connectivity index (χ1) is 11.6. The van der Waals surface area contributed by atoms with Gasteiger partial charge in [0, 0.05) is 4.88 Å². The number of fused-ring (bicyclic) bond motifs is 1. The third-order valence-electron chi connectivity index (χ3n) is 3.97. The molecule has 2 aromatic heterocycles. The van der Waals surface area contributed by atoms with E-state index in [1.807, 2.05) is 26.0 Å². The molecule has 2 heterocycles. The van der Waals surface area contributed by atoms with Crippen molar-refractivity contribution in [2.45, 2.75) is 32.9 Å². The van der Waals surface area contributed by atoms with Crippen LogP contribution in [0.1, 0.15) is 46.4 Å². The highest BCUT2D eigenvalue weighted by Gasteiger charge is 2.41. The summed E-state index contributed by atoms with van der Waals surface area (Å²) in [6.07, 6.45) is -4.83. The van der Waals surface area contributed by atoms with Crippen LogP contribution in [-0.2, 0) is 6.18 Å². The Bertz CT molecular complexity index is 953. The molecule has 1 N–H and O–H groups in total. The van der Waals surface area contributed by atoms with Crippen molar-refractivity contribution >= 4 is 22.3 Å². The number of carboxylic acids is 1. The maximum atomic E-state index is 13.2. The monoisotopic (exact) mass is 368 g/mol. The Hall–Kier alpha value is -2.35. The molecule has 25 heavy (non-hydrogen) atoms. The molecular weight excluding hydrogens is 353 g/mol. The molecule has 0 unspecified atom stereocenters. The smallest absolute Gasteiger partial charge is 0.435 e. The SMILES string of the molecule is Cc1sc2nc(C(F)(F)F)c(C(=O)O)n2c1-c1ccc(C(C)C)cc1. The van der Waals surface area contributed by atoms with Crippen molar-refractivity contribution in [2.24, 2.45) is 0 Å². The third-order valence-corrected chi connectivity index (χ3v) is 4.93. The molecular formula is C17H15F3N2O2S. The molecule has 8 heteroatoms. The van der Waals surface area contributed by atoms with Gasteiger partial charge in [-0.1, -0.05) is 38.1 Å². The summed E-state index contributed by atoms with van der Waals surface area (Å²) in [7, 11) is 0. The standard InChI is InChI=1S/C17H15F3N2O2S/c1-8(2)10-4-6-11(7-5-10)12-9(3)25-16-21-14(17(18,19)20)13(15(23)24)22(12)16/h4-8H,1-3H3,(H,23,24). The molecule has 0 aliphatic rings. The third kappa shape index (κ3) is 2.90. The van der Waals surface area contributed by atoms with Crippen molar-refractivity contribution in [2.75, 3.05) is 0 Å². The van der Waals surface area contributed by atoms with Crippen molar-refractivity contribution < 1.29 is 23.1 Å². The lowest BCUT2D eigenvalue weighted by Gasteiger charge is -2.09. The highest BCUT2D eigenvalue weighted by molar-refractivity contribution is 7.17. The molecule has 0 atom stereocenters. The summed E-state index contributed by atoms with van der Waals surface area (Å²) in [5.41, 5.74) is -0.0495. The van der Waals surface area contributed by atoms with Crippen LogP contribution >= 0.6 is 11.3 Å². The van der Waals surface area contributed by atoms with Gasteiger partial charge in [-0.25, -0.2) is 9.78 Å². The second-order valence-corrected chi connectivity index (χ2v) is 7.20. The molecule has 0 spiro atoms. The Kier molecular flexibility index (Phi) is 4.10. The molecule has 0 aliphatic carbocycles. The highest BCUT2D eigenvalue weighted by Crippen LogP contribution is 2.38. The lowest BCUT2D eigenvalue weighted by atomic mass is 10.0. The highest BCUT2D eigenvalue weighted by atomic mass is 32.1. The molecule has 4 nitrogen and oxygen atoms in total. The van der Waals surface area contributed by atoms with Crippen molar-refractivity contribution in [3.8, 4) is 11.3 Å². The van der Waals surface area contributed by atoms with E-state index in [1.165, 1.54) is 0 Å². The van der Waals surface area contributed by atoms with Gasteiger partial charge in [0.05, 0.1) is 5.69 Å². The molecule has 0 radical (unpaired) electrons. The van der Waals surface area contributed by atoms with E-state index < -0.39 is 23.5 Å². The number of aromatic nitrogens is 2. The summed E-state index contributed by atoms with van der Waals surface area (Å²) in [6.45, 7) is 5.82. The molecule has 3 aromatic rings. The number of carboxylic acid groups (broad SMARTS) is 1. The van der Waals surface area contributed by atoms with Crippen molar-refractivity contribution in [1.82, 2.24) is 9.38 Å². The maximum Gasteiger partial charge on any atom is 0.435 e. The molecule has 3 rings (SSSR count). The van der Waals surface area contributed by atoms with Crippen LogP contribution in [-0.4, -0.2) is 20.5 Å². The van der Waals surface area contributed by atoms with E-state index in [9.17, 15) is 23.1 Å².